The predicted octanol–water partition coefficient (Wildman–Crippen LogP) is 3.18. The van der Waals surface area contributed by atoms with Crippen LogP contribution in [0.15, 0.2) is 30.6 Å². The predicted molar refractivity (Wildman–Crippen MR) is 69.5 cm³/mol. The Kier molecular flexibility index (Phi) is 3.67. The highest BCUT2D eigenvalue weighted by Crippen LogP contribution is 2.21. The minimum Gasteiger partial charge on any atom is -0.478 e. The fraction of sp³-hybridized carbons (Fsp3) is 0.231. The van der Waals surface area contributed by atoms with E-state index in [1.54, 1.807) is 18.3 Å². The second-order valence-corrected chi connectivity index (χ2v) is 4.34. The van der Waals surface area contributed by atoms with Crippen molar-refractivity contribution in [3.05, 3.63) is 47.0 Å². The van der Waals surface area contributed by atoms with Crippen LogP contribution >= 0.6 is 11.6 Å². The molecule has 0 saturated carbocycles. The van der Waals surface area contributed by atoms with Gasteiger partial charge in [-0.3, -0.25) is 0 Å². The van der Waals surface area contributed by atoms with Crippen molar-refractivity contribution in [2.24, 2.45) is 0 Å². The molecular weight excluding hydrogens is 252 g/mol. The number of imidazole rings is 1. The molecule has 94 valence electrons. The Hall–Kier alpha value is -1.81. The zero-order valence-corrected chi connectivity index (χ0v) is 10.7. The Balaban J connectivity index is 2.42. The average molecular weight is 265 g/mol. The standard InChI is InChI=1S/C13H13ClN2O2/c1-2-3-12-15-6-7-16(12)9-4-5-10(13(17)18)11(14)8-9/h4-8H,2-3H2,1H3,(H,17,18). The Bertz CT molecular complexity index is 578. The number of rotatable bonds is 4. The zero-order chi connectivity index (χ0) is 13.1. The van der Waals surface area contributed by atoms with Gasteiger partial charge in [0, 0.05) is 24.5 Å². The Labute approximate surface area is 110 Å². The van der Waals surface area contributed by atoms with E-state index < -0.39 is 5.97 Å². The molecule has 1 aromatic heterocycles. The van der Waals surface area contributed by atoms with E-state index in [0.717, 1.165) is 24.4 Å². The van der Waals surface area contributed by atoms with Crippen LogP contribution in [0.2, 0.25) is 5.02 Å². The summed E-state index contributed by atoms with van der Waals surface area (Å²) in [5.74, 6) is -0.0809. The summed E-state index contributed by atoms with van der Waals surface area (Å²) in [5.41, 5.74) is 0.934. The maximum atomic E-state index is 10.9. The minimum atomic E-state index is -1.02. The van der Waals surface area contributed by atoms with Crippen molar-refractivity contribution < 1.29 is 9.90 Å². The fourth-order valence-electron chi connectivity index (χ4n) is 1.81. The molecule has 1 N–H and O–H groups in total. The smallest absolute Gasteiger partial charge is 0.337 e. The molecule has 0 fully saturated rings. The lowest BCUT2D eigenvalue weighted by Crippen LogP contribution is -2.02. The quantitative estimate of drug-likeness (QED) is 0.923. The van der Waals surface area contributed by atoms with Crippen molar-refractivity contribution >= 4 is 17.6 Å². The lowest BCUT2D eigenvalue weighted by molar-refractivity contribution is 0.0697. The highest BCUT2D eigenvalue weighted by molar-refractivity contribution is 6.33. The monoisotopic (exact) mass is 264 g/mol. The second-order valence-electron chi connectivity index (χ2n) is 3.93. The molecule has 0 unspecified atom stereocenters. The molecule has 0 saturated heterocycles. The number of hydrogen-bond donors (Lipinski definition) is 1. The van der Waals surface area contributed by atoms with Crippen LogP contribution in [0.25, 0.3) is 5.69 Å². The van der Waals surface area contributed by atoms with Gasteiger partial charge in [-0.05, 0) is 24.6 Å². The molecule has 1 heterocycles. The van der Waals surface area contributed by atoms with Crippen LogP contribution in [-0.2, 0) is 6.42 Å². The van der Waals surface area contributed by atoms with Crippen LogP contribution in [0.5, 0.6) is 0 Å². The van der Waals surface area contributed by atoms with Crippen molar-refractivity contribution in [2.75, 3.05) is 0 Å². The molecule has 4 nitrogen and oxygen atoms in total. The molecule has 0 radical (unpaired) electrons. The zero-order valence-electron chi connectivity index (χ0n) is 9.93. The van der Waals surface area contributed by atoms with Gasteiger partial charge >= 0.3 is 5.97 Å². The summed E-state index contributed by atoms with van der Waals surface area (Å²) < 4.78 is 1.92. The highest BCUT2D eigenvalue weighted by atomic mass is 35.5. The Morgan fingerprint density at radius 3 is 2.89 bits per heavy atom. The number of carboxylic acid groups (broad SMARTS) is 1. The molecule has 2 rings (SSSR count). The number of aryl methyl sites for hydroxylation is 1. The summed E-state index contributed by atoms with van der Waals surface area (Å²) in [6.07, 6.45) is 5.43. The minimum absolute atomic E-state index is 0.109. The molecule has 0 aliphatic heterocycles. The van der Waals surface area contributed by atoms with Gasteiger partial charge < -0.3 is 9.67 Å². The van der Waals surface area contributed by atoms with Gasteiger partial charge in [-0.25, -0.2) is 9.78 Å². The molecule has 0 amide bonds. The number of carboxylic acids is 1. The van der Waals surface area contributed by atoms with Gasteiger partial charge in [0.1, 0.15) is 5.82 Å². The van der Waals surface area contributed by atoms with Crippen molar-refractivity contribution in [3.63, 3.8) is 0 Å². The van der Waals surface area contributed by atoms with Gasteiger partial charge in [-0.15, -0.1) is 0 Å². The van der Waals surface area contributed by atoms with Gasteiger partial charge in [-0.1, -0.05) is 18.5 Å². The molecule has 18 heavy (non-hydrogen) atoms. The summed E-state index contributed by atoms with van der Waals surface area (Å²) in [6.45, 7) is 2.08. The summed E-state index contributed by atoms with van der Waals surface area (Å²) in [6, 6.07) is 4.89. The van der Waals surface area contributed by atoms with Crippen molar-refractivity contribution in [2.45, 2.75) is 19.8 Å². The molecule has 0 bridgehead atoms. The van der Waals surface area contributed by atoms with Crippen molar-refractivity contribution in [1.82, 2.24) is 9.55 Å². The van der Waals surface area contributed by atoms with E-state index in [4.69, 9.17) is 16.7 Å². The van der Waals surface area contributed by atoms with E-state index in [0.29, 0.717) is 0 Å². The number of nitrogens with zero attached hydrogens (tertiary/aromatic N) is 2. The molecule has 0 aliphatic carbocycles. The molecule has 5 heteroatoms. The number of halogens is 1. The first kappa shape index (κ1) is 12.6. The van der Waals surface area contributed by atoms with E-state index in [1.807, 2.05) is 10.8 Å². The summed E-state index contributed by atoms with van der Waals surface area (Å²) in [5, 5.41) is 9.15. The van der Waals surface area contributed by atoms with Crippen molar-refractivity contribution in [1.29, 1.82) is 0 Å². The van der Waals surface area contributed by atoms with Crippen molar-refractivity contribution in [3.8, 4) is 5.69 Å². The topological polar surface area (TPSA) is 55.1 Å². The molecule has 1 aromatic carbocycles. The third-order valence-electron chi connectivity index (χ3n) is 2.65. The summed E-state index contributed by atoms with van der Waals surface area (Å²) >= 11 is 5.96. The van der Waals surface area contributed by atoms with E-state index in [9.17, 15) is 4.79 Å². The maximum absolute atomic E-state index is 10.9. The SMILES string of the molecule is CCCc1nccn1-c1ccc(C(=O)O)c(Cl)c1. The van der Waals surface area contributed by atoms with Gasteiger partial charge in [0.15, 0.2) is 0 Å². The van der Waals surface area contributed by atoms with E-state index in [-0.39, 0.29) is 10.6 Å². The first-order valence-electron chi connectivity index (χ1n) is 5.69. The number of aromatic carboxylic acids is 1. The molecular formula is C13H13ClN2O2. The molecule has 0 atom stereocenters. The van der Waals surface area contributed by atoms with Crippen LogP contribution in [0.4, 0.5) is 0 Å². The van der Waals surface area contributed by atoms with E-state index in [1.165, 1.54) is 6.07 Å². The summed E-state index contributed by atoms with van der Waals surface area (Å²) in [4.78, 5) is 15.2. The second kappa shape index (κ2) is 5.23. The van der Waals surface area contributed by atoms with Gasteiger partial charge in [-0.2, -0.15) is 0 Å². The summed E-state index contributed by atoms with van der Waals surface area (Å²) in [7, 11) is 0. The highest BCUT2D eigenvalue weighted by Gasteiger charge is 2.11. The lowest BCUT2D eigenvalue weighted by Gasteiger charge is -2.08. The lowest BCUT2D eigenvalue weighted by atomic mass is 10.2. The number of benzene rings is 1. The third kappa shape index (κ3) is 2.38. The van der Waals surface area contributed by atoms with Crippen LogP contribution in [-0.4, -0.2) is 20.6 Å². The number of hydrogen-bond acceptors (Lipinski definition) is 2. The van der Waals surface area contributed by atoms with Gasteiger partial charge in [0.2, 0.25) is 0 Å². The van der Waals surface area contributed by atoms with E-state index in [2.05, 4.69) is 11.9 Å². The third-order valence-corrected chi connectivity index (χ3v) is 2.96. The first-order chi connectivity index (χ1) is 8.63. The molecule has 0 aliphatic rings. The van der Waals surface area contributed by atoms with Crippen LogP contribution in [0.3, 0.4) is 0 Å². The van der Waals surface area contributed by atoms with Crippen LogP contribution in [0, 0.1) is 0 Å². The average Bonchev–Trinajstić information content (AvgIpc) is 2.77. The number of carbonyl (C=O) groups is 1. The van der Waals surface area contributed by atoms with Gasteiger partial charge in [0.05, 0.1) is 10.6 Å². The van der Waals surface area contributed by atoms with Gasteiger partial charge in [0.25, 0.3) is 0 Å². The van der Waals surface area contributed by atoms with Crippen LogP contribution < -0.4 is 0 Å². The molecule has 2 aromatic rings. The first-order valence-corrected chi connectivity index (χ1v) is 6.06. The largest absolute Gasteiger partial charge is 0.478 e. The fourth-order valence-corrected chi connectivity index (χ4v) is 2.06. The van der Waals surface area contributed by atoms with E-state index >= 15 is 0 Å². The van der Waals surface area contributed by atoms with Crippen LogP contribution in [0.1, 0.15) is 29.5 Å². The normalized spacial score (nSPS) is 10.6. The Morgan fingerprint density at radius 2 is 2.28 bits per heavy atom. The molecule has 0 spiro atoms. The maximum Gasteiger partial charge on any atom is 0.337 e. The number of aromatic nitrogens is 2. The Morgan fingerprint density at radius 1 is 1.50 bits per heavy atom.